The van der Waals surface area contributed by atoms with Crippen molar-refractivity contribution in [1.29, 1.82) is 0 Å². The Morgan fingerprint density at radius 2 is 0.864 bits per heavy atom. The molecule has 10 bridgehead atoms. The van der Waals surface area contributed by atoms with Gasteiger partial charge in [0.05, 0.1) is 34.6 Å². The molecule has 22 nitrogen and oxygen atoms in total. The lowest BCUT2D eigenvalue weighted by atomic mass is 9.69. The Hall–Kier alpha value is -7.14. The van der Waals surface area contributed by atoms with Gasteiger partial charge in [-0.05, 0) is 178 Å². The minimum absolute atomic E-state index is 0.200. The highest BCUT2D eigenvalue weighted by atomic mass is 16.5. The molecule has 0 radical (unpaired) electrons. The summed E-state index contributed by atoms with van der Waals surface area (Å²) in [5, 5.41) is 36.8. The second kappa shape index (κ2) is 28.1. The van der Waals surface area contributed by atoms with Gasteiger partial charge in [0.15, 0.2) is 0 Å². The zero-order chi connectivity index (χ0) is 63.2. The highest BCUT2D eigenvalue weighted by Gasteiger charge is 2.45. The zero-order valence-corrected chi connectivity index (χ0v) is 52.2. The average molecular weight is 1220 g/mol. The summed E-state index contributed by atoms with van der Waals surface area (Å²) in [6.45, 7) is 14.9. The Labute approximate surface area is 515 Å². The van der Waals surface area contributed by atoms with Gasteiger partial charge in [0.25, 0.3) is 11.8 Å². The highest BCUT2D eigenvalue weighted by molar-refractivity contribution is 5.95. The van der Waals surface area contributed by atoms with Gasteiger partial charge in [-0.2, -0.15) is 0 Å². The molecule has 476 valence electrons. The number of aromatic nitrogens is 2. The normalized spacial score (nSPS) is 31.1. The third-order valence-electron chi connectivity index (χ3n) is 19.0. The van der Waals surface area contributed by atoms with Crippen LogP contribution in [0.4, 0.5) is 0 Å². The molecule has 4 aliphatic heterocycles. The average Bonchev–Trinajstić information content (AvgIpc) is 1.71. The van der Waals surface area contributed by atoms with E-state index in [1.54, 1.807) is 27.7 Å². The van der Waals surface area contributed by atoms with E-state index in [9.17, 15) is 48.6 Å². The number of hydrazine groups is 2. The van der Waals surface area contributed by atoms with E-state index in [1.165, 1.54) is 10.0 Å². The molecule has 6 amide bonds. The molecule has 2 aromatic heterocycles. The van der Waals surface area contributed by atoms with E-state index in [-0.39, 0.29) is 35.5 Å². The number of fused-ring (bicyclic) bond motifs is 8. The van der Waals surface area contributed by atoms with Crippen LogP contribution < -0.4 is 32.1 Å². The molecule has 2 spiro atoms. The van der Waals surface area contributed by atoms with Gasteiger partial charge in [-0.25, -0.2) is 20.8 Å². The SMILES string of the molecule is CC(C)[C@@H]1NC(=O)C2(CCc3ccc4ccc(nc4c3)[C@@H](C)OC(=O)[C@@H]3CCCN(N3)C(=O)[C@H](C)NC1=O)CCC(O)CC2.CC(C)[C@@H]1NC(=O)C2(CCc3ccc4ccc(nc4c3)[C@@H](C)OC(=O)[C@@H]3CCCN(N3)C(=O)[C@H](C)NC1=O)CCC(O)CC2. The third kappa shape index (κ3) is 15.3. The summed E-state index contributed by atoms with van der Waals surface area (Å²) in [5.74, 6) is -3.46. The Bertz CT molecular complexity index is 3020. The minimum Gasteiger partial charge on any atom is -0.455 e. The Balaban J connectivity index is 0.000000209. The number of esters is 2. The molecule has 2 aromatic carbocycles. The molecule has 6 aliphatic rings. The number of aryl methyl sites for hydroxylation is 2. The van der Waals surface area contributed by atoms with E-state index in [1.807, 2.05) is 88.4 Å². The van der Waals surface area contributed by atoms with Crippen LogP contribution >= 0.6 is 0 Å². The summed E-state index contributed by atoms with van der Waals surface area (Å²) >= 11 is 0. The number of hydrogen-bond donors (Lipinski definition) is 8. The first-order valence-corrected chi connectivity index (χ1v) is 31.9. The van der Waals surface area contributed by atoms with Gasteiger partial charge in [0.1, 0.15) is 48.5 Å². The van der Waals surface area contributed by atoms with Crippen LogP contribution in [-0.2, 0) is 60.7 Å². The molecule has 8 N–H and O–H groups in total. The highest BCUT2D eigenvalue weighted by Crippen LogP contribution is 2.43. The van der Waals surface area contributed by atoms with E-state index in [0.29, 0.717) is 127 Å². The summed E-state index contributed by atoms with van der Waals surface area (Å²) in [6, 6.07) is 14.8. The number of aliphatic hydroxyl groups is 2. The second-order valence-electron chi connectivity index (χ2n) is 26.2. The van der Waals surface area contributed by atoms with Gasteiger partial charge in [-0.15, -0.1) is 0 Å². The van der Waals surface area contributed by atoms with Crippen molar-refractivity contribution in [3.8, 4) is 0 Å². The molecule has 4 aromatic rings. The van der Waals surface area contributed by atoms with Crippen molar-refractivity contribution in [2.24, 2.45) is 22.7 Å². The number of aliphatic hydroxyl groups excluding tert-OH is 2. The molecule has 2 aliphatic carbocycles. The maximum atomic E-state index is 14.0. The Kier molecular flexibility index (Phi) is 20.9. The van der Waals surface area contributed by atoms with Crippen molar-refractivity contribution in [2.45, 2.75) is 219 Å². The predicted octanol–water partition coefficient (Wildman–Crippen LogP) is 5.70. The molecule has 6 heterocycles. The number of carbonyl (C=O) groups is 8. The standard InChI is InChI=1S/2C33H45N5O6/c2*1-19(2)28-29(40)34-20(3)30(41)38-17-5-6-26(37-38)31(42)44-21(4)25-10-9-23-8-7-22(18-27(23)35-25)11-14-33(32(43)36-28)15-12-24(39)13-16-33/h2*7-10,18-21,24,26,28,37,39H,5-6,11-17H2,1-4H3,(H,34,40)(H,36,43)/t2*20-,21+,24?,26-,28-,33?/m00/s1. The first-order chi connectivity index (χ1) is 41.9. The molecule has 2 saturated carbocycles. The van der Waals surface area contributed by atoms with Crippen molar-refractivity contribution >= 4 is 69.2 Å². The Morgan fingerprint density at radius 1 is 0.500 bits per heavy atom. The van der Waals surface area contributed by atoms with Crippen molar-refractivity contribution in [3.63, 3.8) is 0 Å². The summed E-state index contributed by atoms with van der Waals surface area (Å²) in [6.07, 6.45) is 6.53. The van der Waals surface area contributed by atoms with Crippen LogP contribution in [-0.4, -0.2) is 139 Å². The number of nitrogens with one attached hydrogen (secondary N) is 6. The quantitative estimate of drug-likeness (QED) is 0.112. The van der Waals surface area contributed by atoms with Crippen molar-refractivity contribution < 1.29 is 58.0 Å². The van der Waals surface area contributed by atoms with E-state index in [4.69, 9.17) is 19.4 Å². The fraction of sp³-hybridized carbons (Fsp3) is 0.606. The van der Waals surface area contributed by atoms with Gasteiger partial charge in [-0.3, -0.25) is 48.4 Å². The molecule has 22 heteroatoms. The van der Waals surface area contributed by atoms with Crippen LogP contribution in [0.5, 0.6) is 0 Å². The van der Waals surface area contributed by atoms with E-state index in [2.05, 4.69) is 32.1 Å². The summed E-state index contributed by atoms with van der Waals surface area (Å²) in [5.41, 5.74) is 9.31. The van der Waals surface area contributed by atoms with Crippen LogP contribution in [0.1, 0.15) is 180 Å². The molecule has 2 saturated heterocycles. The number of benzene rings is 2. The van der Waals surface area contributed by atoms with Gasteiger partial charge in [0, 0.05) is 34.7 Å². The smallest absolute Gasteiger partial charge is 0.325 e. The first-order valence-electron chi connectivity index (χ1n) is 31.9. The van der Waals surface area contributed by atoms with Crippen molar-refractivity contribution in [2.75, 3.05) is 13.1 Å². The van der Waals surface area contributed by atoms with Gasteiger partial charge in [-0.1, -0.05) is 64.1 Å². The summed E-state index contributed by atoms with van der Waals surface area (Å²) in [7, 11) is 0. The van der Waals surface area contributed by atoms with Crippen LogP contribution in [0, 0.1) is 22.7 Å². The number of ether oxygens (including phenoxy) is 2. The molecule has 10 rings (SSSR count). The third-order valence-corrected chi connectivity index (χ3v) is 19.0. The van der Waals surface area contributed by atoms with Crippen LogP contribution in [0.2, 0.25) is 0 Å². The van der Waals surface area contributed by atoms with E-state index in [0.717, 1.165) is 32.9 Å². The first kappa shape index (κ1) is 65.3. The predicted molar refractivity (Wildman–Crippen MR) is 327 cm³/mol. The van der Waals surface area contributed by atoms with E-state index >= 15 is 0 Å². The molecule has 0 unspecified atom stereocenters. The number of amides is 6. The number of pyridine rings is 2. The van der Waals surface area contributed by atoms with Gasteiger partial charge in [0.2, 0.25) is 23.6 Å². The molecule has 4 fully saturated rings. The maximum absolute atomic E-state index is 14.0. The number of carbonyl (C=O) groups excluding carboxylic acids is 8. The van der Waals surface area contributed by atoms with Gasteiger partial charge >= 0.3 is 11.9 Å². The molecular formula is C66H90N10O12. The van der Waals surface area contributed by atoms with Crippen LogP contribution in [0.25, 0.3) is 21.8 Å². The monoisotopic (exact) mass is 1210 g/mol. The largest absolute Gasteiger partial charge is 0.455 e. The van der Waals surface area contributed by atoms with Crippen LogP contribution in [0.15, 0.2) is 60.7 Å². The lowest BCUT2D eigenvalue weighted by molar-refractivity contribution is -0.158. The summed E-state index contributed by atoms with van der Waals surface area (Å²) < 4.78 is 11.6. The minimum atomic E-state index is -0.892. The number of rotatable bonds is 2. The molecular weight excluding hydrogens is 1120 g/mol. The zero-order valence-electron chi connectivity index (χ0n) is 52.2. The lowest BCUT2D eigenvalue weighted by Gasteiger charge is -2.39. The van der Waals surface area contributed by atoms with Crippen LogP contribution in [0.3, 0.4) is 0 Å². The fourth-order valence-corrected chi connectivity index (χ4v) is 13.1. The molecule has 88 heavy (non-hydrogen) atoms. The number of nitrogens with zero attached hydrogens (tertiary/aromatic N) is 4. The fourth-order valence-electron chi connectivity index (χ4n) is 13.1. The summed E-state index contributed by atoms with van der Waals surface area (Å²) in [4.78, 5) is 118. The Morgan fingerprint density at radius 3 is 1.23 bits per heavy atom. The van der Waals surface area contributed by atoms with Gasteiger partial charge < -0.3 is 41.0 Å². The topological polar surface area (TPSA) is 300 Å². The molecule has 8 atom stereocenters. The van der Waals surface area contributed by atoms with E-state index < -0.39 is 95.2 Å². The lowest BCUT2D eigenvalue weighted by Crippen LogP contribution is -2.61. The maximum Gasteiger partial charge on any atom is 0.325 e. The number of cyclic esters (lactones) is 2. The number of hydrogen-bond acceptors (Lipinski definition) is 16. The van der Waals surface area contributed by atoms with Crippen molar-refractivity contribution in [3.05, 3.63) is 83.2 Å². The second-order valence-corrected chi connectivity index (χ2v) is 26.2. The van der Waals surface area contributed by atoms with Crippen molar-refractivity contribution in [1.82, 2.24) is 52.1 Å².